The second kappa shape index (κ2) is 4.44. The van der Waals surface area contributed by atoms with Crippen molar-refractivity contribution >= 4 is 27.2 Å². The molecule has 2 aromatic carbocycles. The smallest absolute Gasteiger partial charge is 0.191 e. The molecule has 1 radical (unpaired) electrons. The Morgan fingerprint density at radius 1 is 0.789 bits per heavy atom. The van der Waals surface area contributed by atoms with Crippen LogP contribution in [-0.2, 0) is 27.2 Å². The zero-order valence-corrected chi connectivity index (χ0v) is 12.9. The van der Waals surface area contributed by atoms with Gasteiger partial charge < -0.3 is 0 Å². The maximum atomic E-state index is 2.26. The van der Waals surface area contributed by atoms with Gasteiger partial charge in [0.1, 0.15) is 11.7 Å². The van der Waals surface area contributed by atoms with Gasteiger partial charge in [-0.25, -0.2) is 0 Å². The molecule has 4 rings (SSSR count). The van der Waals surface area contributed by atoms with E-state index in [1.165, 1.54) is 27.2 Å². The van der Waals surface area contributed by atoms with Gasteiger partial charge in [-0.05, 0) is 12.1 Å². The minimum absolute atomic E-state index is 0. The van der Waals surface area contributed by atoms with Crippen molar-refractivity contribution in [1.29, 1.82) is 0 Å². The fourth-order valence-corrected chi connectivity index (χ4v) is 2.78. The SMILES string of the molecule is Cn1cc2c3ccccc3c3ccccc3n2[cH+]1.[Ir]. The quantitative estimate of drug-likeness (QED) is 0.299. The summed E-state index contributed by atoms with van der Waals surface area (Å²) in [6.45, 7) is 0. The van der Waals surface area contributed by atoms with Gasteiger partial charge in [0.25, 0.3) is 0 Å². The summed E-state index contributed by atoms with van der Waals surface area (Å²) in [7, 11) is 2.07. The number of aryl methyl sites for hydroxylation is 1. The normalized spacial score (nSPS) is 11.0. The molecule has 0 unspecified atom stereocenters. The third-order valence-corrected chi connectivity index (χ3v) is 3.54. The van der Waals surface area contributed by atoms with Crippen molar-refractivity contribution in [2.75, 3.05) is 0 Å². The van der Waals surface area contributed by atoms with Crippen LogP contribution in [0.25, 0.3) is 27.2 Å². The Balaban J connectivity index is 0.00000110. The summed E-state index contributed by atoms with van der Waals surface area (Å²) < 4.78 is 4.37. The molecule has 2 heterocycles. The Hall–Kier alpha value is -1.70. The van der Waals surface area contributed by atoms with E-state index >= 15 is 0 Å². The molecule has 0 aliphatic carbocycles. The summed E-state index contributed by atoms with van der Waals surface area (Å²) in [4.78, 5) is 0. The maximum absolute atomic E-state index is 2.26. The number of hydrogen-bond acceptors (Lipinski definition) is 0. The molecular weight excluding hydrogens is 412 g/mol. The Morgan fingerprint density at radius 2 is 1.37 bits per heavy atom. The number of imidazole rings is 1. The first-order valence-corrected chi connectivity index (χ1v) is 6.11. The average Bonchev–Trinajstić information content (AvgIpc) is 2.81. The van der Waals surface area contributed by atoms with Gasteiger partial charge in [0.2, 0.25) is 0 Å². The Kier molecular flexibility index (Phi) is 2.89. The van der Waals surface area contributed by atoms with Crippen LogP contribution in [0.2, 0.25) is 0 Å². The molecule has 4 aromatic rings. The molecule has 19 heavy (non-hydrogen) atoms. The average molecular weight is 426 g/mol. The molecule has 0 saturated carbocycles. The predicted octanol–water partition coefficient (Wildman–Crippen LogP) is 3.86. The van der Waals surface area contributed by atoms with Gasteiger partial charge in [-0.2, -0.15) is 4.40 Å². The molecule has 0 bridgehead atoms. The molecule has 0 N–H and O–H groups in total. The third kappa shape index (κ3) is 1.70. The van der Waals surface area contributed by atoms with Crippen molar-refractivity contribution in [3.63, 3.8) is 0 Å². The van der Waals surface area contributed by atoms with Gasteiger partial charge in [-0.1, -0.05) is 30.3 Å². The van der Waals surface area contributed by atoms with Gasteiger partial charge in [0.15, 0.2) is 11.8 Å². The fraction of sp³-hybridized carbons (Fsp3) is 0.0625. The summed E-state index contributed by atoms with van der Waals surface area (Å²) in [6.07, 6.45) is 4.30. The van der Waals surface area contributed by atoms with E-state index in [2.05, 4.69) is 77.1 Å². The molecule has 0 aliphatic rings. The first-order valence-electron chi connectivity index (χ1n) is 6.11. The van der Waals surface area contributed by atoms with Crippen molar-refractivity contribution in [2.45, 2.75) is 0 Å². The minimum atomic E-state index is 0. The van der Waals surface area contributed by atoms with E-state index in [1.54, 1.807) is 0 Å². The first-order chi connectivity index (χ1) is 8.84. The molecule has 2 aromatic heterocycles. The van der Waals surface area contributed by atoms with Crippen LogP contribution in [0.3, 0.4) is 0 Å². The van der Waals surface area contributed by atoms with Crippen molar-refractivity contribution < 1.29 is 20.1 Å². The second-order valence-electron chi connectivity index (χ2n) is 4.73. The molecule has 95 valence electrons. The molecule has 0 spiro atoms. The number of rotatable bonds is 0. The second-order valence-corrected chi connectivity index (χ2v) is 4.73. The molecule has 0 saturated heterocycles. The van der Waals surface area contributed by atoms with Crippen molar-refractivity contribution in [3.8, 4) is 0 Å². The third-order valence-electron chi connectivity index (χ3n) is 3.54. The standard InChI is InChI=1S/C16H13N2.Ir/c1-17-10-16-14-8-3-2-6-12(14)13-7-4-5-9-15(13)18(16)11-17;/h2-11H,1H3;/q+1;. The number of benzene rings is 2. The largest absolute Gasteiger partial charge is 0.254 e. The van der Waals surface area contributed by atoms with E-state index in [-0.39, 0.29) is 20.1 Å². The zero-order chi connectivity index (χ0) is 12.1. The monoisotopic (exact) mass is 426 g/mol. The first kappa shape index (κ1) is 12.3. The summed E-state index contributed by atoms with van der Waals surface area (Å²) in [5, 5.41) is 3.92. The summed E-state index contributed by atoms with van der Waals surface area (Å²) in [5.74, 6) is 0. The van der Waals surface area contributed by atoms with E-state index in [0.29, 0.717) is 0 Å². The van der Waals surface area contributed by atoms with E-state index in [0.717, 1.165) is 0 Å². The number of para-hydroxylation sites is 1. The van der Waals surface area contributed by atoms with Gasteiger partial charge in [0, 0.05) is 38.6 Å². The summed E-state index contributed by atoms with van der Waals surface area (Å²) in [6, 6.07) is 17.2. The van der Waals surface area contributed by atoms with E-state index in [1.807, 2.05) is 0 Å². The topological polar surface area (TPSA) is 9.34 Å². The Labute approximate surface area is 124 Å². The Bertz CT molecular complexity index is 820. The maximum Gasteiger partial charge on any atom is 0.191 e. The molecule has 2 nitrogen and oxygen atoms in total. The Morgan fingerprint density at radius 3 is 2.11 bits per heavy atom. The zero-order valence-electron chi connectivity index (χ0n) is 10.5. The van der Waals surface area contributed by atoms with Crippen molar-refractivity contribution in [1.82, 2.24) is 8.97 Å². The predicted molar refractivity (Wildman–Crippen MR) is 75.8 cm³/mol. The van der Waals surface area contributed by atoms with Crippen LogP contribution in [0.15, 0.2) is 61.1 Å². The van der Waals surface area contributed by atoms with E-state index in [4.69, 9.17) is 0 Å². The van der Waals surface area contributed by atoms with Crippen LogP contribution in [0.1, 0.15) is 0 Å². The number of fused-ring (bicyclic) bond motifs is 6. The fourth-order valence-electron chi connectivity index (χ4n) is 2.78. The van der Waals surface area contributed by atoms with Crippen LogP contribution in [0, 0.1) is 0 Å². The van der Waals surface area contributed by atoms with Crippen molar-refractivity contribution in [3.05, 3.63) is 61.1 Å². The van der Waals surface area contributed by atoms with E-state index < -0.39 is 0 Å². The van der Waals surface area contributed by atoms with Gasteiger partial charge >= 0.3 is 0 Å². The molecule has 0 amide bonds. The number of aromatic nitrogens is 2. The van der Waals surface area contributed by atoms with Crippen LogP contribution in [0.4, 0.5) is 0 Å². The number of pyridine rings is 1. The van der Waals surface area contributed by atoms with Crippen LogP contribution >= 0.6 is 0 Å². The minimum Gasteiger partial charge on any atom is -0.254 e. The van der Waals surface area contributed by atoms with Crippen molar-refractivity contribution in [2.24, 2.45) is 7.05 Å². The summed E-state index contributed by atoms with van der Waals surface area (Å²) in [5.41, 5.74) is 2.51. The van der Waals surface area contributed by atoms with Gasteiger partial charge in [-0.3, -0.25) is 4.57 Å². The summed E-state index contributed by atoms with van der Waals surface area (Å²) >= 11 is 0. The van der Waals surface area contributed by atoms with Gasteiger partial charge in [0.05, 0.1) is 10.8 Å². The molecular formula is C16H13IrN2+. The van der Waals surface area contributed by atoms with Crippen LogP contribution in [-0.4, -0.2) is 8.97 Å². The van der Waals surface area contributed by atoms with Crippen LogP contribution in [0.5, 0.6) is 0 Å². The van der Waals surface area contributed by atoms with E-state index in [9.17, 15) is 0 Å². The van der Waals surface area contributed by atoms with Gasteiger partial charge in [-0.15, -0.1) is 0 Å². The number of nitrogens with zero attached hydrogens (tertiary/aromatic N) is 2. The molecule has 0 fully saturated rings. The molecule has 3 heteroatoms. The number of hydrogen-bond donors (Lipinski definition) is 0. The molecule has 0 aliphatic heterocycles. The molecule has 0 atom stereocenters. The van der Waals surface area contributed by atoms with Crippen LogP contribution < -0.4 is 0 Å².